The third kappa shape index (κ3) is 4.07. The number of aromatic nitrogens is 1. The quantitative estimate of drug-likeness (QED) is 0.814. The van der Waals surface area contributed by atoms with Crippen molar-refractivity contribution in [2.24, 2.45) is 0 Å². The second-order valence-corrected chi connectivity index (χ2v) is 3.68. The van der Waals surface area contributed by atoms with Gasteiger partial charge in [-0.15, -0.1) is 0 Å². The van der Waals surface area contributed by atoms with Gasteiger partial charge >= 0.3 is 5.97 Å². The highest BCUT2D eigenvalue weighted by Gasteiger charge is 2.15. The van der Waals surface area contributed by atoms with E-state index in [4.69, 9.17) is 10.00 Å². The zero-order chi connectivity index (χ0) is 14.3. The van der Waals surface area contributed by atoms with Gasteiger partial charge in [-0.2, -0.15) is 5.26 Å². The molecule has 1 N–H and O–H groups in total. The first-order valence-electron chi connectivity index (χ1n) is 5.95. The van der Waals surface area contributed by atoms with E-state index in [1.807, 2.05) is 6.92 Å². The molecule has 0 radical (unpaired) electrons. The maximum absolute atomic E-state index is 11.8. The van der Waals surface area contributed by atoms with Crippen molar-refractivity contribution in [3.05, 3.63) is 23.5 Å². The number of amides is 1. The summed E-state index contributed by atoms with van der Waals surface area (Å²) in [4.78, 5) is 27.3. The molecule has 1 amide bonds. The van der Waals surface area contributed by atoms with Crippen molar-refractivity contribution >= 4 is 17.6 Å². The van der Waals surface area contributed by atoms with E-state index >= 15 is 0 Å². The van der Waals surface area contributed by atoms with Crippen LogP contribution in [0, 0.1) is 11.3 Å². The SMILES string of the molecule is CCOC(=O)c1cc(CC)ncc1NC(=O)CC#N. The van der Waals surface area contributed by atoms with Crippen LogP contribution < -0.4 is 5.32 Å². The van der Waals surface area contributed by atoms with Gasteiger partial charge in [0.05, 0.1) is 30.1 Å². The van der Waals surface area contributed by atoms with Crippen molar-refractivity contribution in [2.75, 3.05) is 11.9 Å². The first-order valence-corrected chi connectivity index (χ1v) is 5.95. The zero-order valence-corrected chi connectivity index (χ0v) is 10.9. The molecular weight excluding hydrogens is 246 g/mol. The van der Waals surface area contributed by atoms with Crippen LogP contribution in [0.2, 0.25) is 0 Å². The largest absolute Gasteiger partial charge is 0.462 e. The predicted molar refractivity (Wildman–Crippen MR) is 68.4 cm³/mol. The molecule has 0 atom stereocenters. The molecule has 0 unspecified atom stereocenters. The van der Waals surface area contributed by atoms with E-state index < -0.39 is 11.9 Å². The van der Waals surface area contributed by atoms with Gasteiger partial charge in [-0.1, -0.05) is 6.92 Å². The molecule has 6 heteroatoms. The molecule has 19 heavy (non-hydrogen) atoms. The normalized spacial score (nSPS) is 9.53. The second kappa shape index (κ2) is 7.11. The van der Waals surface area contributed by atoms with Crippen molar-refractivity contribution in [3.8, 4) is 6.07 Å². The number of hydrogen-bond acceptors (Lipinski definition) is 5. The van der Waals surface area contributed by atoms with Crippen molar-refractivity contribution in [3.63, 3.8) is 0 Å². The Morgan fingerprint density at radius 2 is 2.21 bits per heavy atom. The van der Waals surface area contributed by atoms with Crippen molar-refractivity contribution in [1.82, 2.24) is 4.98 Å². The molecule has 0 spiro atoms. The van der Waals surface area contributed by atoms with Gasteiger partial charge in [0.15, 0.2) is 0 Å². The van der Waals surface area contributed by atoms with Crippen molar-refractivity contribution in [1.29, 1.82) is 5.26 Å². The molecule has 0 saturated heterocycles. The molecule has 0 saturated carbocycles. The average molecular weight is 261 g/mol. The molecule has 0 aliphatic rings. The smallest absolute Gasteiger partial charge is 0.340 e. The number of pyridine rings is 1. The van der Waals surface area contributed by atoms with Gasteiger partial charge in [-0.25, -0.2) is 4.79 Å². The van der Waals surface area contributed by atoms with Gasteiger partial charge in [0.2, 0.25) is 5.91 Å². The molecular formula is C13H15N3O3. The number of nitriles is 1. The lowest BCUT2D eigenvalue weighted by molar-refractivity contribution is -0.115. The van der Waals surface area contributed by atoms with E-state index in [9.17, 15) is 9.59 Å². The number of carbonyl (C=O) groups is 2. The number of carbonyl (C=O) groups excluding carboxylic acids is 2. The summed E-state index contributed by atoms with van der Waals surface area (Å²) in [5.41, 5.74) is 1.23. The van der Waals surface area contributed by atoms with E-state index in [0.29, 0.717) is 6.42 Å². The topological polar surface area (TPSA) is 92.1 Å². The Labute approximate surface area is 111 Å². The molecule has 0 bridgehead atoms. The fraction of sp³-hybridized carbons (Fsp3) is 0.385. The minimum atomic E-state index is -0.521. The summed E-state index contributed by atoms with van der Waals surface area (Å²) in [6.07, 6.45) is 1.79. The third-order valence-electron chi connectivity index (χ3n) is 2.33. The number of esters is 1. The fourth-order valence-corrected chi connectivity index (χ4v) is 1.44. The van der Waals surface area contributed by atoms with E-state index in [1.54, 1.807) is 19.1 Å². The lowest BCUT2D eigenvalue weighted by Crippen LogP contribution is -2.16. The summed E-state index contributed by atoms with van der Waals surface area (Å²) in [6.45, 7) is 3.85. The number of nitrogens with one attached hydrogen (secondary N) is 1. The Balaban J connectivity index is 3.05. The lowest BCUT2D eigenvalue weighted by Gasteiger charge is -2.10. The molecule has 1 aromatic rings. The summed E-state index contributed by atoms with van der Waals surface area (Å²) in [5, 5.41) is 10.9. The molecule has 0 aromatic carbocycles. The highest BCUT2D eigenvalue weighted by Crippen LogP contribution is 2.17. The number of aryl methyl sites for hydroxylation is 1. The molecule has 0 aliphatic carbocycles. The number of anilines is 1. The third-order valence-corrected chi connectivity index (χ3v) is 2.33. The van der Waals surface area contributed by atoms with Crippen LogP contribution in [0.15, 0.2) is 12.3 Å². The molecule has 0 fully saturated rings. The standard InChI is InChI=1S/C13H15N3O3/c1-3-9-7-10(13(18)19-4-2)11(8-15-9)16-12(17)5-6-14/h7-8H,3-5H2,1-2H3,(H,16,17). The maximum Gasteiger partial charge on any atom is 0.340 e. The number of hydrogen-bond donors (Lipinski definition) is 1. The molecule has 0 aliphatic heterocycles. The molecule has 100 valence electrons. The number of ether oxygens (including phenoxy) is 1. The second-order valence-electron chi connectivity index (χ2n) is 3.68. The first-order chi connectivity index (χ1) is 9.12. The summed E-state index contributed by atoms with van der Waals surface area (Å²) in [7, 11) is 0. The van der Waals surface area contributed by atoms with Gasteiger partial charge in [0.25, 0.3) is 0 Å². The molecule has 1 rings (SSSR count). The highest BCUT2D eigenvalue weighted by molar-refractivity contribution is 6.01. The summed E-state index contributed by atoms with van der Waals surface area (Å²) in [5.74, 6) is -1.01. The van der Waals surface area contributed by atoms with E-state index in [0.717, 1.165) is 5.69 Å². The lowest BCUT2D eigenvalue weighted by atomic mass is 10.1. The number of rotatable bonds is 5. The molecule has 1 heterocycles. The summed E-state index contributed by atoms with van der Waals surface area (Å²) in [6, 6.07) is 3.32. The van der Waals surface area contributed by atoms with Crippen LogP contribution in [-0.4, -0.2) is 23.5 Å². The van der Waals surface area contributed by atoms with Crippen molar-refractivity contribution < 1.29 is 14.3 Å². The van der Waals surface area contributed by atoms with Crippen molar-refractivity contribution in [2.45, 2.75) is 26.7 Å². The number of nitrogens with zero attached hydrogens (tertiary/aromatic N) is 2. The monoisotopic (exact) mass is 261 g/mol. The van der Waals surface area contributed by atoms with Crippen LogP contribution in [0.25, 0.3) is 0 Å². The van der Waals surface area contributed by atoms with Gasteiger partial charge in [0, 0.05) is 5.69 Å². The molecule has 6 nitrogen and oxygen atoms in total. The van der Waals surface area contributed by atoms with Gasteiger partial charge in [-0.3, -0.25) is 9.78 Å². The first kappa shape index (κ1) is 14.6. The Morgan fingerprint density at radius 3 is 2.79 bits per heavy atom. The fourth-order valence-electron chi connectivity index (χ4n) is 1.44. The van der Waals surface area contributed by atoms with Crippen LogP contribution in [0.1, 0.15) is 36.3 Å². The Hall–Kier alpha value is -2.42. The minimum absolute atomic E-state index is 0.244. The predicted octanol–water partition coefficient (Wildman–Crippen LogP) is 1.67. The van der Waals surface area contributed by atoms with E-state index in [1.165, 1.54) is 6.20 Å². The van der Waals surface area contributed by atoms with Crippen LogP contribution in [0.5, 0.6) is 0 Å². The Bertz CT molecular complexity index is 520. The maximum atomic E-state index is 11.8. The van der Waals surface area contributed by atoms with Gasteiger partial charge in [-0.05, 0) is 19.4 Å². The van der Waals surface area contributed by atoms with Gasteiger partial charge in [0.1, 0.15) is 6.42 Å². The van der Waals surface area contributed by atoms with Crippen LogP contribution in [0.3, 0.4) is 0 Å². The van der Waals surface area contributed by atoms with Crippen LogP contribution in [-0.2, 0) is 16.0 Å². The van der Waals surface area contributed by atoms with E-state index in [2.05, 4.69) is 10.3 Å². The molecule has 1 aromatic heterocycles. The summed E-state index contributed by atoms with van der Waals surface area (Å²) < 4.78 is 4.93. The summed E-state index contributed by atoms with van der Waals surface area (Å²) >= 11 is 0. The minimum Gasteiger partial charge on any atom is -0.462 e. The van der Waals surface area contributed by atoms with Gasteiger partial charge < -0.3 is 10.1 Å². The Kier molecular flexibility index (Phi) is 5.48. The van der Waals surface area contributed by atoms with Crippen LogP contribution in [0.4, 0.5) is 5.69 Å². The zero-order valence-electron chi connectivity index (χ0n) is 10.9. The van der Waals surface area contributed by atoms with Crippen LogP contribution >= 0.6 is 0 Å². The highest BCUT2D eigenvalue weighted by atomic mass is 16.5. The Morgan fingerprint density at radius 1 is 1.47 bits per heavy atom. The van der Waals surface area contributed by atoms with E-state index in [-0.39, 0.29) is 24.3 Å². The average Bonchev–Trinajstić information content (AvgIpc) is 2.39.